The van der Waals surface area contributed by atoms with Gasteiger partial charge >= 0.3 is 0 Å². The highest BCUT2D eigenvalue weighted by Crippen LogP contribution is 2.45. The number of hydrogen-bond donors (Lipinski definition) is 1. The van der Waals surface area contributed by atoms with Crippen LogP contribution in [-0.4, -0.2) is 52.7 Å². The second-order valence-corrected chi connectivity index (χ2v) is 8.56. The summed E-state index contributed by atoms with van der Waals surface area (Å²) in [6, 6.07) is 9.64. The van der Waals surface area contributed by atoms with Gasteiger partial charge in [-0.1, -0.05) is 12.1 Å². The number of rotatable bonds is 9. The molecule has 1 aromatic heterocycles. The van der Waals surface area contributed by atoms with Crippen LogP contribution in [0.3, 0.4) is 0 Å². The van der Waals surface area contributed by atoms with Gasteiger partial charge in [0.05, 0.1) is 13.0 Å². The molecule has 0 unspecified atom stereocenters. The quantitative estimate of drug-likeness (QED) is 0.628. The zero-order chi connectivity index (χ0) is 21.6. The fourth-order valence-electron chi connectivity index (χ4n) is 4.79. The zero-order valence-corrected chi connectivity index (χ0v) is 18.2. The Morgan fingerprint density at radius 2 is 2.10 bits per heavy atom. The number of benzene rings is 1. The van der Waals surface area contributed by atoms with E-state index in [-0.39, 0.29) is 17.7 Å². The van der Waals surface area contributed by atoms with Crippen LogP contribution < -0.4 is 10.1 Å². The molecule has 2 aromatic rings. The predicted octanol–water partition coefficient (Wildman–Crippen LogP) is 2.52. The van der Waals surface area contributed by atoms with Crippen LogP contribution in [0.25, 0.3) is 0 Å². The number of carbonyl (C=O) groups excluding carboxylic acids is 2. The molecule has 1 aliphatic heterocycles. The van der Waals surface area contributed by atoms with Crippen LogP contribution in [0.15, 0.2) is 42.7 Å². The van der Waals surface area contributed by atoms with E-state index in [1.54, 1.807) is 6.20 Å². The number of hydrogen-bond acceptors (Lipinski definition) is 4. The maximum Gasteiger partial charge on any atom is 0.226 e. The van der Waals surface area contributed by atoms with Crippen molar-refractivity contribution in [1.82, 2.24) is 20.0 Å². The van der Waals surface area contributed by atoms with Crippen molar-refractivity contribution >= 4 is 11.8 Å². The SMILES string of the molecule is CCOc1ccc(CC(=O)N2CC[C@@H]3C[C@@H](C(=O)NCCCn4cccn4)[C@@H]3C2)cc1. The number of aromatic nitrogens is 2. The number of aryl methyl sites for hydroxylation is 1. The van der Waals surface area contributed by atoms with Gasteiger partial charge in [0.1, 0.15) is 5.75 Å². The minimum absolute atomic E-state index is 0.0378. The highest BCUT2D eigenvalue weighted by atomic mass is 16.5. The molecule has 1 N–H and O–H groups in total. The Kier molecular flexibility index (Phi) is 6.89. The molecule has 31 heavy (non-hydrogen) atoms. The third kappa shape index (κ3) is 5.27. The summed E-state index contributed by atoms with van der Waals surface area (Å²) in [6.07, 6.45) is 6.91. The van der Waals surface area contributed by atoms with Crippen molar-refractivity contribution in [3.63, 3.8) is 0 Å². The first kappa shape index (κ1) is 21.4. The van der Waals surface area contributed by atoms with E-state index >= 15 is 0 Å². The maximum atomic E-state index is 12.8. The summed E-state index contributed by atoms with van der Waals surface area (Å²) in [5.74, 6) is 2.03. The van der Waals surface area contributed by atoms with Crippen LogP contribution in [0.1, 0.15) is 31.7 Å². The van der Waals surface area contributed by atoms with Gasteiger partial charge in [0.2, 0.25) is 11.8 Å². The fraction of sp³-hybridized carbons (Fsp3) is 0.542. The Hall–Kier alpha value is -2.83. The van der Waals surface area contributed by atoms with Crippen molar-refractivity contribution < 1.29 is 14.3 Å². The summed E-state index contributed by atoms with van der Waals surface area (Å²) in [4.78, 5) is 27.4. The summed E-state index contributed by atoms with van der Waals surface area (Å²) < 4.78 is 7.34. The average Bonchev–Trinajstić information content (AvgIpc) is 3.27. The number of carbonyl (C=O) groups is 2. The van der Waals surface area contributed by atoms with Gasteiger partial charge in [0.25, 0.3) is 0 Å². The highest BCUT2D eigenvalue weighted by molar-refractivity contribution is 5.81. The molecule has 0 radical (unpaired) electrons. The van der Waals surface area contributed by atoms with Crippen molar-refractivity contribution in [3.05, 3.63) is 48.3 Å². The van der Waals surface area contributed by atoms with Crippen molar-refractivity contribution in [2.24, 2.45) is 17.8 Å². The van der Waals surface area contributed by atoms with Gasteiger partial charge in [-0.15, -0.1) is 0 Å². The lowest BCUT2D eigenvalue weighted by Crippen LogP contribution is -2.56. The predicted molar refractivity (Wildman–Crippen MR) is 117 cm³/mol. The lowest BCUT2D eigenvalue weighted by atomic mass is 9.61. The number of fused-ring (bicyclic) bond motifs is 1. The first-order chi connectivity index (χ1) is 15.1. The van der Waals surface area contributed by atoms with Gasteiger partial charge in [-0.3, -0.25) is 14.3 Å². The van der Waals surface area contributed by atoms with E-state index in [0.717, 1.165) is 43.7 Å². The number of amides is 2. The average molecular weight is 425 g/mol. The van der Waals surface area contributed by atoms with Crippen LogP contribution in [0, 0.1) is 17.8 Å². The molecule has 0 spiro atoms. The van der Waals surface area contributed by atoms with E-state index in [4.69, 9.17) is 4.74 Å². The fourth-order valence-corrected chi connectivity index (χ4v) is 4.79. The summed E-state index contributed by atoms with van der Waals surface area (Å²) in [5.41, 5.74) is 0.996. The summed E-state index contributed by atoms with van der Waals surface area (Å²) in [5, 5.41) is 7.26. The molecule has 2 aliphatic rings. The van der Waals surface area contributed by atoms with Gasteiger partial charge in [0.15, 0.2) is 0 Å². The number of piperidine rings is 1. The van der Waals surface area contributed by atoms with Crippen LogP contribution >= 0.6 is 0 Å². The van der Waals surface area contributed by atoms with Crippen LogP contribution in [0.2, 0.25) is 0 Å². The van der Waals surface area contributed by atoms with E-state index in [1.807, 2.05) is 53.0 Å². The van der Waals surface area contributed by atoms with E-state index in [1.165, 1.54) is 0 Å². The molecule has 166 valence electrons. The first-order valence-electron chi connectivity index (χ1n) is 11.4. The van der Waals surface area contributed by atoms with Gasteiger partial charge in [-0.25, -0.2) is 0 Å². The molecule has 3 atom stereocenters. The Bertz CT molecular complexity index is 865. The van der Waals surface area contributed by atoms with E-state index in [2.05, 4.69) is 10.4 Å². The van der Waals surface area contributed by atoms with E-state index in [9.17, 15) is 9.59 Å². The molecule has 0 bridgehead atoms. The summed E-state index contributed by atoms with van der Waals surface area (Å²) >= 11 is 0. The zero-order valence-electron chi connectivity index (χ0n) is 18.2. The van der Waals surface area contributed by atoms with Crippen molar-refractivity contribution in [2.45, 2.75) is 39.2 Å². The summed E-state index contributed by atoms with van der Waals surface area (Å²) in [7, 11) is 0. The summed E-state index contributed by atoms with van der Waals surface area (Å²) in [6.45, 7) is 5.55. The van der Waals surface area contributed by atoms with Gasteiger partial charge < -0.3 is 15.0 Å². The molecule has 7 heteroatoms. The van der Waals surface area contributed by atoms with Crippen molar-refractivity contribution in [3.8, 4) is 5.75 Å². The largest absolute Gasteiger partial charge is 0.494 e. The van der Waals surface area contributed by atoms with Crippen LogP contribution in [0.5, 0.6) is 5.75 Å². The maximum absolute atomic E-state index is 12.8. The lowest BCUT2D eigenvalue weighted by molar-refractivity contribution is -0.145. The Morgan fingerprint density at radius 3 is 2.84 bits per heavy atom. The molecule has 2 fully saturated rings. The van der Waals surface area contributed by atoms with Crippen LogP contribution in [-0.2, 0) is 22.6 Å². The van der Waals surface area contributed by atoms with E-state index in [0.29, 0.717) is 38.0 Å². The topological polar surface area (TPSA) is 76.5 Å². The second-order valence-electron chi connectivity index (χ2n) is 8.56. The minimum atomic E-state index is 0.0378. The Labute approximate surface area is 183 Å². The molecular weight excluding hydrogens is 392 g/mol. The van der Waals surface area contributed by atoms with Gasteiger partial charge in [-0.05, 0) is 61.8 Å². The lowest BCUT2D eigenvalue weighted by Gasteiger charge is -2.50. The van der Waals surface area contributed by atoms with Crippen molar-refractivity contribution in [2.75, 3.05) is 26.2 Å². The molecule has 2 heterocycles. The van der Waals surface area contributed by atoms with Gasteiger partial charge in [-0.2, -0.15) is 5.10 Å². The number of likely N-dealkylation sites (tertiary alicyclic amines) is 1. The third-order valence-electron chi connectivity index (χ3n) is 6.58. The van der Waals surface area contributed by atoms with Crippen molar-refractivity contribution in [1.29, 1.82) is 0 Å². The smallest absolute Gasteiger partial charge is 0.226 e. The monoisotopic (exact) mass is 424 g/mol. The Balaban J connectivity index is 1.22. The molecule has 1 aliphatic carbocycles. The molecule has 1 saturated carbocycles. The normalized spacial score (nSPS) is 22.4. The minimum Gasteiger partial charge on any atom is -0.494 e. The molecular formula is C24H32N4O3. The Morgan fingerprint density at radius 1 is 1.26 bits per heavy atom. The molecule has 1 saturated heterocycles. The molecule has 1 aromatic carbocycles. The standard InChI is InChI=1S/C24H32N4O3/c1-2-31-20-7-5-18(6-8-20)15-23(29)27-14-9-19-16-21(22(19)17-27)24(30)25-10-3-12-28-13-4-11-26-28/h4-8,11,13,19,21-22H,2-3,9-10,12,14-17H2,1H3,(H,25,30)/t19-,21-,22-/m1/s1. The third-order valence-corrected chi connectivity index (χ3v) is 6.58. The van der Waals surface area contributed by atoms with E-state index < -0.39 is 0 Å². The first-order valence-corrected chi connectivity index (χ1v) is 11.4. The second kappa shape index (κ2) is 9.98. The molecule has 2 amide bonds. The van der Waals surface area contributed by atoms with Gasteiger partial charge in [0, 0.05) is 44.5 Å². The number of ether oxygens (including phenoxy) is 1. The molecule has 4 rings (SSSR count). The number of nitrogens with one attached hydrogen (secondary N) is 1. The number of nitrogens with zero attached hydrogens (tertiary/aromatic N) is 3. The molecule has 7 nitrogen and oxygen atoms in total. The highest BCUT2D eigenvalue weighted by Gasteiger charge is 2.48. The van der Waals surface area contributed by atoms with Crippen LogP contribution in [0.4, 0.5) is 0 Å².